The summed E-state index contributed by atoms with van der Waals surface area (Å²) in [4.78, 5) is 7.24. The van der Waals surface area contributed by atoms with Gasteiger partial charge in [-0.1, -0.05) is 70.5 Å². The van der Waals surface area contributed by atoms with Crippen molar-refractivity contribution in [3.63, 3.8) is 0 Å². The molecule has 1 saturated heterocycles. The first-order chi connectivity index (χ1) is 15.7. The lowest BCUT2D eigenvalue weighted by Crippen LogP contribution is -2.31. The fourth-order valence-corrected chi connectivity index (χ4v) is 5.22. The standard InChI is InChI=1S/C26H25BrN4S/c27-24-10-4-19(5-11-24)17-25-28-26(30-29-25)22-8-6-21(7-9-22)23-3-1-2-20(16-23)18-31-12-14-32-15-13-31/h1-11,16H,12-15,17-18H2,(H,28,29,30). The second-order valence-corrected chi connectivity index (χ2v) is 10.2. The highest BCUT2D eigenvalue weighted by molar-refractivity contribution is 9.10. The molecule has 0 bridgehead atoms. The lowest BCUT2D eigenvalue weighted by molar-refractivity contribution is 0.294. The molecular formula is C26H25BrN4S. The van der Waals surface area contributed by atoms with Gasteiger partial charge in [-0.25, -0.2) is 4.98 Å². The average molecular weight is 505 g/mol. The van der Waals surface area contributed by atoms with E-state index < -0.39 is 0 Å². The summed E-state index contributed by atoms with van der Waals surface area (Å²) in [5.41, 5.74) is 6.08. The van der Waals surface area contributed by atoms with Gasteiger partial charge in [-0.15, -0.1) is 0 Å². The number of hydrogen-bond acceptors (Lipinski definition) is 4. The largest absolute Gasteiger partial charge is 0.297 e. The number of thioether (sulfide) groups is 1. The van der Waals surface area contributed by atoms with Crippen LogP contribution in [0.5, 0.6) is 0 Å². The van der Waals surface area contributed by atoms with Crippen molar-refractivity contribution >= 4 is 27.7 Å². The van der Waals surface area contributed by atoms with Gasteiger partial charge in [0.25, 0.3) is 0 Å². The van der Waals surface area contributed by atoms with Crippen LogP contribution in [-0.2, 0) is 13.0 Å². The van der Waals surface area contributed by atoms with Crippen LogP contribution in [0.1, 0.15) is 17.0 Å². The molecule has 1 aliphatic heterocycles. The summed E-state index contributed by atoms with van der Waals surface area (Å²) < 4.78 is 1.08. The Balaban J connectivity index is 1.28. The molecule has 0 amide bonds. The van der Waals surface area contributed by atoms with E-state index in [0.29, 0.717) is 0 Å². The molecule has 0 saturated carbocycles. The lowest BCUT2D eigenvalue weighted by Gasteiger charge is -2.26. The molecule has 1 aromatic heterocycles. The summed E-state index contributed by atoms with van der Waals surface area (Å²) >= 11 is 5.53. The Hall–Kier alpha value is -2.41. The van der Waals surface area contributed by atoms with E-state index >= 15 is 0 Å². The van der Waals surface area contributed by atoms with Crippen LogP contribution in [0.25, 0.3) is 22.5 Å². The third-order valence-electron chi connectivity index (χ3n) is 5.73. The summed E-state index contributed by atoms with van der Waals surface area (Å²) in [6.45, 7) is 3.40. The molecule has 4 aromatic rings. The molecule has 32 heavy (non-hydrogen) atoms. The maximum absolute atomic E-state index is 4.69. The molecule has 162 valence electrons. The molecule has 0 aliphatic carbocycles. The van der Waals surface area contributed by atoms with E-state index in [1.807, 2.05) is 12.1 Å². The first-order valence-corrected chi connectivity index (χ1v) is 12.8. The van der Waals surface area contributed by atoms with Gasteiger partial charge in [0.15, 0.2) is 5.82 Å². The van der Waals surface area contributed by atoms with Crippen molar-refractivity contribution in [1.82, 2.24) is 20.1 Å². The van der Waals surface area contributed by atoms with Gasteiger partial charge in [-0.05, 0) is 40.5 Å². The summed E-state index contributed by atoms with van der Waals surface area (Å²) in [6, 6.07) is 25.7. The van der Waals surface area contributed by atoms with Crippen LogP contribution in [0, 0.1) is 0 Å². The van der Waals surface area contributed by atoms with Gasteiger partial charge in [0.05, 0.1) is 0 Å². The molecule has 4 nitrogen and oxygen atoms in total. The average Bonchev–Trinajstić information content (AvgIpc) is 3.30. The van der Waals surface area contributed by atoms with Gasteiger partial charge in [0.1, 0.15) is 5.82 Å². The number of aromatic amines is 1. The monoisotopic (exact) mass is 504 g/mol. The van der Waals surface area contributed by atoms with Crippen molar-refractivity contribution < 1.29 is 0 Å². The van der Waals surface area contributed by atoms with Crippen LogP contribution in [0.4, 0.5) is 0 Å². The molecule has 1 aliphatic rings. The number of H-pyrrole nitrogens is 1. The Morgan fingerprint density at radius 2 is 1.59 bits per heavy atom. The van der Waals surface area contributed by atoms with Crippen LogP contribution >= 0.6 is 27.7 Å². The number of benzene rings is 3. The molecule has 6 heteroatoms. The first kappa shape index (κ1) is 21.4. The van der Waals surface area contributed by atoms with Crippen molar-refractivity contribution in [2.75, 3.05) is 24.6 Å². The highest BCUT2D eigenvalue weighted by Gasteiger charge is 2.11. The third kappa shape index (κ3) is 5.31. The number of aromatic nitrogens is 3. The number of rotatable bonds is 6. The number of nitrogens with one attached hydrogen (secondary N) is 1. The van der Waals surface area contributed by atoms with Gasteiger partial charge in [-0.3, -0.25) is 10.00 Å². The Kier molecular flexibility index (Phi) is 6.72. The van der Waals surface area contributed by atoms with Gasteiger partial charge in [-0.2, -0.15) is 16.9 Å². The van der Waals surface area contributed by atoms with Crippen molar-refractivity contribution in [3.8, 4) is 22.5 Å². The van der Waals surface area contributed by atoms with Gasteiger partial charge < -0.3 is 0 Å². The second-order valence-electron chi connectivity index (χ2n) is 8.08. The smallest absolute Gasteiger partial charge is 0.181 e. The van der Waals surface area contributed by atoms with E-state index in [9.17, 15) is 0 Å². The Bertz CT molecular complexity index is 1170. The topological polar surface area (TPSA) is 44.8 Å². The van der Waals surface area contributed by atoms with Gasteiger partial charge in [0.2, 0.25) is 0 Å². The minimum Gasteiger partial charge on any atom is -0.297 e. The predicted molar refractivity (Wildman–Crippen MR) is 137 cm³/mol. The number of nitrogens with zero attached hydrogens (tertiary/aromatic N) is 3. The number of hydrogen-bond donors (Lipinski definition) is 1. The lowest BCUT2D eigenvalue weighted by atomic mass is 10.0. The fourth-order valence-electron chi connectivity index (χ4n) is 3.98. The van der Waals surface area contributed by atoms with Crippen molar-refractivity contribution in [2.24, 2.45) is 0 Å². The van der Waals surface area contributed by atoms with Crippen molar-refractivity contribution in [1.29, 1.82) is 0 Å². The Labute approximate surface area is 201 Å². The molecule has 1 N–H and O–H groups in total. The highest BCUT2D eigenvalue weighted by atomic mass is 79.9. The summed E-state index contributed by atoms with van der Waals surface area (Å²) in [5, 5.41) is 7.51. The van der Waals surface area contributed by atoms with Crippen LogP contribution in [0.15, 0.2) is 77.3 Å². The molecule has 3 aromatic carbocycles. The second kappa shape index (κ2) is 10.0. The molecule has 0 unspecified atom stereocenters. The quantitative estimate of drug-likeness (QED) is 0.347. The van der Waals surface area contributed by atoms with Crippen LogP contribution in [-0.4, -0.2) is 44.7 Å². The number of halogens is 1. The minimum atomic E-state index is 0.736. The summed E-state index contributed by atoms with van der Waals surface area (Å²) in [7, 11) is 0. The highest BCUT2D eigenvalue weighted by Crippen LogP contribution is 2.25. The molecule has 0 spiro atoms. The Morgan fingerprint density at radius 1 is 0.844 bits per heavy atom. The summed E-state index contributed by atoms with van der Waals surface area (Å²) in [6.07, 6.45) is 0.737. The molecular weight excluding hydrogens is 480 g/mol. The molecule has 2 heterocycles. The van der Waals surface area contributed by atoms with E-state index in [1.165, 1.54) is 46.8 Å². The zero-order valence-corrected chi connectivity index (χ0v) is 20.2. The van der Waals surface area contributed by atoms with E-state index in [2.05, 4.69) is 103 Å². The van der Waals surface area contributed by atoms with Crippen LogP contribution in [0.2, 0.25) is 0 Å². The molecule has 0 atom stereocenters. The van der Waals surface area contributed by atoms with Gasteiger partial charge >= 0.3 is 0 Å². The normalized spacial score (nSPS) is 14.5. The van der Waals surface area contributed by atoms with E-state index in [4.69, 9.17) is 4.98 Å². The zero-order chi connectivity index (χ0) is 21.8. The van der Waals surface area contributed by atoms with E-state index in [-0.39, 0.29) is 0 Å². The Morgan fingerprint density at radius 3 is 2.38 bits per heavy atom. The molecule has 5 rings (SSSR count). The third-order valence-corrected chi connectivity index (χ3v) is 7.20. The van der Waals surface area contributed by atoms with E-state index in [0.717, 1.165) is 34.7 Å². The van der Waals surface area contributed by atoms with Crippen LogP contribution < -0.4 is 0 Å². The molecule has 0 radical (unpaired) electrons. The SMILES string of the molecule is Brc1ccc(Cc2nc(-c3ccc(-c4cccc(CN5CCSCC5)c4)cc3)n[nH]2)cc1. The van der Waals surface area contributed by atoms with E-state index in [1.54, 1.807) is 0 Å². The maximum atomic E-state index is 4.69. The first-order valence-electron chi connectivity index (χ1n) is 10.9. The van der Waals surface area contributed by atoms with Crippen molar-refractivity contribution in [2.45, 2.75) is 13.0 Å². The maximum Gasteiger partial charge on any atom is 0.181 e. The summed E-state index contributed by atoms with van der Waals surface area (Å²) in [5.74, 6) is 4.09. The van der Waals surface area contributed by atoms with Crippen LogP contribution in [0.3, 0.4) is 0 Å². The molecule has 1 fully saturated rings. The zero-order valence-electron chi connectivity index (χ0n) is 17.8. The minimum absolute atomic E-state index is 0.736. The fraction of sp³-hybridized carbons (Fsp3) is 0.231. The van der Waals surface area contributed by atoms with Crippen molar-refractivity contribution in [3.05, 3.63) is 94.2 Å². The van der Waals surface area contributed by atoms with Gasteiger partial charge in [0, 0.05) is 47.6 Å². The predicted octanol–water partition coefficient (Wildman–Crippen LogP) is 6.04.